The Morgan fingerprint density at radius 1 is 1.47 bits per heavy atom. The molecule has 17 heavy (non-hydrogen) atoms. The molecule has 0 unspecified atom stereocenters. The Labute approximate surface area is 104 Å². The number of hydrogen-bond donors (Lipinski definition) is 1. The molecular formula is C11H12ClNO4. The minimum Gasteiger partial charge on any atom is -0.480 e. The maximum Gasteiger partial charge on any atom is 0.414 e. The number of anilines is 1. The summed E-state index contributed by atoms with van der Waals surface area (Å²) in [7, 11) is 0. The predicted molar refractivity (Wildman–Crippen MR) is 63.5 cm³/mol. The molecule has 0 aliphatic rings. The molecule has 0 saturated carbocycles. The highest BCUT2D eigenvalue weighted by atomic mass is 35.5. The van der Waals surface area contributed by atoms with Crippen molar-refractivity contribution in [2.24, 2.45) is 0 Å². The molecule has 0 heterocycles. The maximum absolute atomic E-state index is 11.6. The van der Waals surface area contributed by atoms with Crippen molar-refractivity contribution in [1.29, 1.82) is 0 Å². The second-order valence-electron chi connectivity index (χ2n) is 3.16. The Kier molecular flexibility index (Phi) is 4.78. The quantitative estimate of drug-likeness (QED) is 0.899. The minimum absolute atomic E-state index is 0.176. The van der Waals surface area contributed by atoms with E-state index in [1.165, 1.54) is 6.07 Å². The second-order valence-corrected chi connectivity index (χ2v) is 3.60. The van der Waals surface area contributed by atoms with Crippen molar-refractivity contribution in [2.75, 3.05) is 18.1 Å². The molecule has 0 aliphatic carbocycles. The summed E-state index contributed by atoms with van der Waals surface area (Å²) in [6, 6.07) is 6.36. The molecule has 5 nitrogen and oxygen atoms in total. The molecular weight excluding hydrogens is 246 g/mol. The van der Waals surface area contributed by atoms with E-state index in [0.29, 0.717) is 10.7 Å². The molecule has 0 atom stereocenters. The molecule has 0 aliphatic heterocycles. The van der Waals surface area contributed by atoms with Gasteiger partial charge in [-0.25, -0.2) is 4.79 Å². The summed E-state index contributed by atoms with van der Waals surface area (Å²) < 4.78 is 4.78. The van der Waals surface area contributed by atoms with Gasteiger partial charge in [0.15, 0.2) is 0 Å². The van der Waals surface area contributed by atoms with Crippen molar-refractivity contribution in [3.8, 4) is 0 Å². The summed E-state index contributed by atoms with van der Waals surface area (Å²) in [4.78, 5) is 23.3. The van der Waals surface area contributed by atoms with Crippen molar-refractivity contribution in [1.82, 2.24) is 0 Å². The van der Waals surface area contributed by atoms with E-state index in [2.05, 4.69) is 0 Å². The molecule has 1 N–H and O–H groups in total. The molecule has 0 bridgehead atoms. The molecule has 1 rings (SSSR count). The molecule has 0 radical (unpaired) electrons. The van der Waals surface area contributed by atoms with E-state index in [9.17, 15) is 9.59 Å². The Morgan fingerprint density at radius 3 is 2.71 bits per heavy atom. The van der Waals surface area contributed by atoms with E-state index in [1.807, 2.05) is 0 Å². The fourth-order valence-corrected chi connectivity index (χ4v) is 1.43. The van der Waals surface area contributed by atoms with Crippen LogP contribution in [0.4, 0.5) is 10.5 Å². The van der Waals surface area contributed by atoms with Crippen molar-refractivity contribution in [2.45, 2.75) is 6.92 Å². The lowest BCUT2D eigenvalue weighted by atomic mass is 10.3. The van der Waals surface area contributed by atoms with Crippen LogP contribution in [0.5, 0.6) is 0 Å². The predicted octanol–water partition coefficient (Wildman–Crippen LogP) is 2.39. The molecule has 1 amide bonds. The van der Waals surface area contributed by atoms with Gasteiger partial charge >= 0.3 is 12.1 Å². The highest BCUT2D eigenvalue weighted by molar-refractivity contribution is 6.30. The van der Waals surface area contributed by atoms with E-state index in [0.717, 1.165) is 4.90 Å². The first-order valence-corrected chi connectivity index (χ1v) is 5.34. The van der Waals surface area contributed by atoms with Crippen LogP contribution in [0.1, 0.15) is 6.92 Å². The number of nitrogens with zero attached hydrogens (tertiary/aromatic N) is 1. The van der Waals surface area contributed by atoms with Gasteiger partial charge in [-0.15, -0.1) is 0 Å². The lowest BCUT2D eigenvalue weighted by Gasteiger charge is -2.19. The van der Waals surface area contributed by atoms with Gasteiger partial charge in [-0.3, -0.25) is 9.69 Å². The smallest absolute Gasteiger partial charge is 0.414 e. The van der Waals surface area contributed by atoms with E-state index >= 15 is 0 Å². The van der Waals surface area contributed by atoms with Gasteiger partial charge in [0.05, 0.1) is 6.61 Å². The van der Waals surface area contributed by atoms with Crippen LogP contribution >= 0.6 is 11.6 Å². The fraction of sp³-hybridized carbons (Fsp3) is 0.273. The number of ether oxygens (including phenoxy) is 1. The van der Waals surface area contributed by atoms with Gasteiger partial charge in [0.1, 0.15) is 6.54 Å². The summed E-state index contributed by atoms with van der Waals surface area (Å²) in [5, 5.41) is 9.17. The molecule has 92 valence electrons. The number of carboxylic acid groups (broad SMARTS) is 1. The lowest BCUT2D eigenvalue weighted by molar-refractivity contribution is -0.135. The number of halogens is 1. The Hall–Kier alpha value is -1.75. The molecule has 1 aromatic rings. The third-order valence-corrected chi connectivity index (χ3v) is 2.14. The average Bonchev–Trinajstić information content (AvgIpc) is 2.26. The number of carbonyl (C=O) groups excluding carboxylic acids is 1. The van der Waals surface area contributed by atoms with Crippen molar-refractivity contribution >= 4 is 29.4 Å². The number of hydrogen-bond acceptors (Lipinski definition) is 3. The Balaban J connectivity index is 2.97. The van der Waals surface area contributed by atoms with Gasteiger partial charge in [0, 0.05) is 10.7 Å². The molecule has 6 heteroatoms. The average molecular weight is 258 g/mol. The zero-order valence-electron chi connectivity index (χ0n) is 9.22. The highest BCUT2D eigenvalue weighted by Crippen LogP contribution is 2.20. The zero-order chi connectivity index (χ0) is 12.8. The number of carboxylic acids is 1. The van der Waals surface area contributed by atoms with Gasteiger partial charge in [-0.05, 0) is 25.1 Å². The molecule has 1 aromatic carbocycles. The van der Waals surface area contributed by atoms with Crippen LogP contribution in [0.25, 0.3) is 0 Å². The van der Waals surface area contributed by atoms with Crippen molar-refractivity contribution < 1.29 is 19.4 Å². The zero-order valence-corrected chi connectivity index (χ0v) is 9.98. The van der Waals surface area contributed by atoms with Gasteiger partial charge < -0.3 is 9.84 Å². The maximum atomic E-state index is 11.6. The first kappa shape index (κ1) is 13.3. The topological polar surface area (TPSA) is 66.8 Å². The number of amides is 1. The fourth-order valence-electron chi connectivity index (χ4n) is 1.24. The second kappa shape index (κ2) is 6.10. The monoisotopic (exact) mass is 257 g/mol. The third kappa shape index (κ3) is 3.96. The van der Waals surface area contributed by atoms with Gasteiger partial charge in [0.2, 0.25) is 0 Å². The number of rotatable bonds is 4. The van der Waals surface area contributed by atoms with Crippen LogP contribution in [-0.4, -0.2) is 30.3 Å². The highest BCUT2D eigenvalue weighted by Gasteiger charge is 2.19. The normalized spacial score (nSPS) is 9.76. The van der Waals surface area contributed by atoms with Crippen LogP contribution in [0.15, 0.2) is 24.3 Å². The van der Waals surface area contributed by atoms with Crippen molar-refractivity contribution in [3.63, 3.8) is 0 Å². The molecule has 0 spiro atoms. The van der Waals surface area contributed by atoms with E-state index < -0.39 is 18.6 Å². The summed E-state index contributed by atoms with van der Waals surface area (Å²) >= 11 is 5.78. The number of benzene rings is 1. The minimum atomic E-state index is -1.13. The Bertz CT molecular complexity index is 422. The van der Waals surface area contributed by atoms with Crippen LogP contribution in [0, 0.1) is 0 Å². The van der Waals surface area contributed by atoms with Crippen LogP contribution < -0.4 is 4.90 Å². The van der Waals surface area contributed by atoms with Crippen LogP contribution in [-0.2, 0) is 9.53 Å². The largest absolute Gasteiger partial charge is 0.480 e. The lowest BCUT2D eigenvalue weighted by Crippen LogP contribution is -2.36. The first-order chi connectivity index (χ1) is 8.04. The van der Waals surface area contributed by atoms with E-state index in [-0.39, 0.29) is 6.61 Å². The standard InChI is InChI=1S/C11H12ClNO4/c1-2-17-11(16)13(7-10(14)15)9-5-3-4-8(12)6-9/h3-6H,2,7H2,1H3,(H,14,15). The summed E-state index contributed by atoms with van der Waals surface area (Å²) in [6.45, 7) is 1.35. The number of aliphatic carboxylic acids is 1. The first-order valence-electron chi connectivity index (χ1n) is 4.96. The van der Waals surface area contributed by atoms with Crippen molar-refractivity contribution in [3.05, 3.63) is 29.3 Å². The SMILES string of the molecule is CCOC(=O)N(CC(=O)O)c1cccc(Cl)c1. The number of carbonyl (C=O) groups is 2. The molecule has 0 aromatic heterocycles. The van der Waals surface area contributed by atoms with E-state index in [4.69, 9.17) is 21.4 Å². The van der Waals surface area contributed by atoms with Crippen LogP contribution in [0.3, 0.4) is 0 Å². The summed E-state index contributed by atoms with van der Waals surface area (Å²) in [6.07, 6.45) is -0.711. The Morgan fingerprint density at radius 2 is 2.18 bits per heavy atom. The molecule has 0 fully saturated rings. The summed E-state index contributed by atoms with van der Waals surface area (Å²) in [5.74, 6) is -1.13. The molecule has 0 saturated heterocycles. The van der Waals surface area contributed by atoms with Gasteiger partial charge in [-0.1, -0.05) is 17.7 Å². The van der Waals surface area contributed by atoms with E-state index in [1.54, 1.807) is 25.1 Å². The van der Waals surface area contributed by atoms with Gasteiger partial charge in [0.25, 0.3) is 0 Å². The summed E-state index contributed by atoms with van der Waals surface area (Å²) in [5.41, 5.74) is 0.387. The van der Waals surface area contributed by atoms with Gasteiger partial charge in [-0.2, -0.15) is 0 Å². The van der Waals surface area contributed by atoms with Crippen LogP contribution in [0.2, 0.25) is 5.02 Å². The third-order valence-electron chi connectivity index (χ3n) is 1.90.